The molecule has 2 heterocycles. The summed E-state index contributed by atoms with van der Waals surface area (Å²) in [6, 6.07) is 10.7. The van der Waals surface area contributed by atoms with Crippen LogP contribution in [0.3, 0.4) is 0 Å². The van der Waals surface area contributed by atoms with Crippen LogP contribution in [0.15, 0.2) is 55.1 Å². The van der Waals surface area contributed by atoms with Gasteiger partial charge in [-0.15, -0.1) is 5.10 Å². The van der Waals surface area contributed by atoms with Crippen LogP contribution in [0.1, 0.15) is 24.9 Å². The number of nitrogens with one attached hydrogen (secondary N) is 2. The molecule has 0 spiro atoms. The van der Waals surface area contributed by atoms with Crippen molar-refractivity contribution in [1.82, 2.24) is 30.5 Å². The first-order valence-corrected chi connectivity index (χ1v) is 7.57. The molecule has 2 aromatic heterocycles. The predicted molar refractivity (Wildman–Crippen MR) is 88.6 cm³/mol. The van der Waals surface area contributed by atoms with Crippen molar-refractivity contribution in [2.75, 3.05) is 5.32 Å². The highest BCUT2D eigenvalue weighted by atomic mass is 16.2. The molecule has 0 fully saturated rings. The normalized spacial score (nSPS) is 11.7. The van der Waals surface area contributed by atoms with E-state index in [0.29, 0.717) is 5.69 Å². The molecule has 24 heavy (non-hydrogen) atoms. The number of carbonyl (C=O) groups is 1. The molecule has 8 nitrogen and oxygen atoms in total. The Bertz CT molecular complexity index is 772. The highest BCUT2D eigenvalue weighted by molar-refractivity contribution is 5.89. The number of aromatic nitrogens is 5. The quantitative estimate of drug-likeness (QED) is 0.751. The minimum absolute atomic E-state index is 0.0616. The molecule has 8 heteroatoms. The summed E-state index contributed by atoms with van der Waals surface area (Å²) in [5.74, 6) is 0. The highest BCUT2D eigenvalue weighted by Gasteiger charge is 2.12. The van der Waals surface area contributed by atoms with Gasteiger partial charge in [0, 0.05) is 18.1 Å². The summed E-state index contributed by atoms with van der Waals surface area (Å²) in [7, 11) is 0. The van der Waals surface area contributed by atoms with Gasteiger partial charge in [0.05, 0.1) is 11.7 Å². The third kappa shape index (κ3) is 3.72. The minimum Gasteiger partial charge on any atom is -0.331 e. The van der Waals surface area contributed by atoms with Crippen LogP contribution < -0.4 is 10.6 Å². The van der Waals surface area contributed by atoms with Crippen molar-refractivity contribution in [2.24, 2.45) is 0 Å². The highest BCUT2D eigenvalue weighted by Crippen LogP contribution is 2.16. The molecule has 0 aliphatic rings. The first kappa shape index (κ1) is 15.6. The molecule has 0 aliphatic heterocycles. The third-order valence-electron chi connectivity index (χ3n) is 3.56. The summed E-state index contributed by atoms with van der Waals surface area (Å²) in [5.41, 5.74) is 2.53. The molecule has 0 bridgehead atoms. The van der Waals surface area contributed by atoms with E-state index in [9.17, 15) is 4.79 Å². The number of nitrogens with zero attached hydrogens (tertiary/aromatic N) is 5. The number of tetrazole rings is 1. The lowest BCUT2D eigenvalue weighted by Crippen LogP contribution is -2.32. The maximum atomic E-state index is 12.2. The largest absolute Gasteiger partial charge is 0.331 e. The lowest BCUT2D eigenvalue weighted by Gasteiger charge is -2.17. The van der Waals surface area contributed by atoms with Crippen molar-refractivity contribution in [3.05, 3.63) is 60.7 Å². The van der Waals surface area contributed by atoms with Crippen LogP contribution in [-0.2, 0) is 0 Å². The number of hydrogen-bond acceptors (Lipinski definition) is 5. The fraction of sp³-hybridized carbons (Fsp3) is 0.188. The fourth-order valence-electron chi connectivity index (χ4n) is 2.32. The Morgan fingerprint density at radius 1 is 1.17 bits per heavy atom. The molecule has 2 N–H and O–H groups in total. The average molecular weight is 323 g/mol. The number of anilines is 1. The van der Waals surface area contributed by atoms with Crippen molar-refractivity contribution >= 4 is 11.7 Å². The third-order valence-corrected chi connectivity index (χ3v) is 3.56. The lowest BCUT2D eigenvalue weighted by atomic mass is 10.1. The van der Waals surface area contributed by atoms with E-state index in [1.54, 1.807) is 29.2 Å². The van der Waals surface area contributed by atoms with Gasteiger partial charge in [0.15, 0.2) is 0 Å². The molecule has 0 radical (unpaired) electrons. The summed E-state index contributed by atoms with van der Waals surface area (Å²) < 4.78 is 1.54. The molecular weight excluding hydrogens is 306 g/mol. The minimum atomic E-state index is -0.256. The number of carbonyl (C=O) groups excluding carboxylic acids is 1. The molecule has 3 aromatic rings. The molecule has 1 unspecified atom stereocenters. The Labute approximate surface area is 138 Å². The van der Waals surface area contributed by atoms with E-state index in [0.717, 1.165) is 17.7 Å². The van der Waals surface area contributed by atoms with Gasteiger partial charge in [0.2, 0.25) is 0 Å². The average Bonchev–Trinajstić information content (AvgIpc) is 3.16. The number of urea groups is 1. The summed E-state index contributed by atoms with van der Waals surface area (Å²) in [5, 5.41) is 16.8. The van der Waals surface area contributed by atoms with Crippen LogP contribution in [0.2, 0.25) is 0 Å². The predicted octanol–water partition coefficient (Wildman–Crippen LogP) is 2.33. The topological polar surface area (TPSA) is 97.6 Å². The Morgan fingerprint density at radius 2 is 1.92 bits per heavy atom. The number of rotatable bonds is 5. The van der Waals surface area contributed by atoms with Crippen molar-refractivity contribution in [1.29, 1.82) is 0 Å². The molecule has 3 rings (SSSR count). The Morgan fingerprint density at radius 3 is 2.54 bits per heavy atom. The van der Waals surface area contributed by atoms with E-state index in [2.05, 4.69) is 31.1 Å². The van der Waals surface area contributed by atoms with Crippen molar-refractivity contribution in [2.45, 2.75) is 19.4 Å². The van der Waals surface area contributed by atoms with Crippen LogP contribution in [0.5, 0.6) is 0 Å². The van der Waals surface area contributed by atoms with Crippen LogP contribution in [0.25, 0.3) is 5.69 Å². The maximum absolute atomic E-state index is 12.2. The standard InChI is InChI=1S/C16H17N7O/c1-2-15(12-7-9-17-10-8-12)20-16(24)19-13-3-5-14(6-4-13)23-11-18-21-22-23/h3-11,15H,2H2,1H3,(H2,19,20,24). The van der Waals surface area contributed by atoms with Gasteiger partial charge >= 0.3 is 6.03 Å². The SMILES string of the molecule is CCC(NC(=O)Nc1ccc(-n2cnnn2)cc1)c1ccncc1. The number of hydrogen-bond donors (Lipinski definition) is 2. The first-order chi connectivity index (χ1) is 11.8. The van der Waals surface area contributed by atoms with Gasteiger partial charge in [-0.25, -0.2) is 9.48 Å². The summed E-state index contributed by atoms with van der Waals surface area (Å²) in [6.45, 7) is 2.02. The van der Waals surface area contributed by atoms with Crippen molar-refractivity contribution in [3.8, 4) is 5.69 Å². The van der Waals surface area contributed by atoms with Crippen LogP contribution in [0, 0.1) is 0 Å². The van der Waals surface area contributed by atoms with Gasteiger partial charge in [-0.1, -0.05) is 6.92 Å². The molecule has 0 saturated carbocycles. The molecule has 122 valence electrons. The zero-order valence-corrected chi connectivity index (χ0v) is 13.1. The van der Waals surface area contributed by atoms with E-state index >= 15 is 0 Å². The number of benzene rings is 1. The molecule has 0 saturated heterocycles. The van der Waals surface area contributed by atoms with E-state index in [1.165, 1.54) is 6.33 Å². The first-order valence-electron chi connectivity index (χ1n) is 7.57. The zero-order chi connectivity index (χ0) is 16.8. The summed E-state index contributed by atoms with van der Waals surface area (Å²) in [6.07, 6.45) is 5.73. The van der Waals surface area contributed by atoms with E-state index < -0.39 is 0 Å². The Hall–Kier alpha value is -3.29. The van der Waals surface area contributed by atoms with Crippen LogP contribution >= 0.6 is 0 Å². The zero-order valence-electron chi connectivity index (χ0n) is 13.1. The lowest BCUT2D eigenvalue weighted by molar-refractivity contribution is 0.248. The van der Waals surface area contributed by atoms with Gasteiger partial charge < -0.3 is 10.6 Å². The maximum Gasteiger partial charge on any atom is 0.319 e. The van der Waals surface area contributed by atoms with Gasteiger partial charge in [-0.05, 0) is 58.8 Å². The molecule has 0 aliphatic carbocycles. The second-order valence-corrected chi connectivity index (χ2v) is 5.14. The Kier molecular flexibility index (Phi) is 4.76. The Balaban J connectivity index is 1.62. The number of pyridine rings is 1. The van der Waals surface area contributed by atoms with Crippen LogP contribution in [-0.4, -0.2) is 31.2 Å². The van der Waals surface area contributed by atoms with Crippen LogP contribution in [0.4, 0.5) is 10.5 Å². The fourth-order valence-corrected chi connectivity index (χ4v) is 2.32. The van der Waals surface area contributed by atoms with E-state index in [4.69, 9.17) is 0 Å². The second kappa shape index (κ2) is 7.32. The monoisotopic (exact) mass is 323 g/mol. The van der Waals surface area contributed by atoms with Gasteiger partial charge in [0.1, 0.15) is 6.33 Å². The molecule has 1 atom stereocenters. The summed E-state index contributed by atoms with van der Waals surface area (Å²) >= 11 is 0. The van der Waals surface area contributed by atoms with E-state index in [1.807, 2.05) is 31.2 Å². The van der Waals surface area contributed by atoms with Crippen molar-refractivity contribution in [3.63, 3.8) is 0 Å². The van der Waals surface area contributed by atoms with Crippen molar-refractivity contribution < 1.29 is 4.79 Å². The van der Waals surface area contributed by atoms with E-state index in [-0.39, 0.29) is 12.1 Å². The summed E-state index contributed by atoms with van der Waals surface area (Å²) in [4.78, 5) is 16.2. The molecular formula is C16H17N7O. The molecule has 2 amide bonds. The number of amides is 2. The smallest absolute Gasteiger partial charge is 0.319 e. The molecule has 1 aromatic carbocycles. The second-order valence-electron chi connectivity index (χ2n) is 5.14. The van der Waals surface area contributed by atoms with Gasteiger partial charge in [-0.2, -0.15) is 0 Å². The van der Waals surface area contributed by atoms with Gasteiger partial charge in [-0.3, -0.25) is 4.98 Å². The van der Waals surface area contributed by atoms with Gasteiger partial charge in [0.25, 0.3) is 0 Å².